The molecule has 3 nitrogen and oxygen atoms in total. The number of esters is 1. The minimum atomic E-state index is -4.79. The van der Waals surface area contributed by atoms with Crippen LogP contribution in [0.5, 0.6) is 5.75 Å². The molecule has 0 bridgehead atoms. The lowest BCUT2D eigenvalue weighted by Gasteiger charge is -2.17. The van der Waals surface area contributed by atoms with Crippen LogP contribution < -0.4 is 0 Å². The molecule has 0 saturated carbocycles. The number of phenolic OH excluding ortho intramolecular Hbond substituents is 1. The SMILES string of the molecule is COC(=O)c1c(O)cc2c(c1C(F)(F)F)Cc1cc(Br)ccc1-2. The summed E-state index contributed by atoms with van der Waals surface area (Å²) in [6, 6.07) is 6.32. The molecule has 0 heterocycles. The molecule has 0 aromatic heterocycles. The Morgan fingerprint density at radius 1 is 1.26 bits per heavy atom. The average Bonchev–Trinajstić information content (AvgIpc) is 2.80. The van der Waals surface area contributed by atoms with Gasteiger partial charge < -0.3 is 9.84 Å². The van der Waals surface area contributed by atoms with E-state index in [0.29, 0.717) is 11.1 Å². The molecule has 1 N–H and O–H groups in total. The number of fused-ring (bicyclic) bond motifs is 3. The highest BCUT2D eigenvalue weighted by Crippen LogP contribution is 2.48. The van der Waals surface area contributed by atoms with Crippen molar-refractivity contribution >= 4 is 21.9 Å². The van der Waals surface area contributed by atoms with Crippen molar-refractivity contribution in [3.05, 3.63) is 51.0 Å². The predicted octanol–water partition coefficient (Wildman–Crippen LogP) is 4.53. The van der Waals surface area contributed by atoms with E-state index in [4.69, 9.17) is 0 Å². The van der Waals surface area contributed by atoms with Crippen molar-refractivity contribution in [1.82, 2.24) is 0 Å². The number of hydrogen-bond acceptors (Lipinski definition) is 3. The standard InChI is InChI=1S/C16H10BrF3O3/c1-23-15(22)13-12(21)6-10-9-3-2-8(17)4-7(9)5-11(10)14(13)16(18,19)20/h2-4,6,21H,5H2,1H3. The molecule has 2 aromatic carbocycles. The number of halogens is 4. The first-order valence-corrected chi connectivity index (χ1v) is 7.36. The van der Waals surface area contributed by atoms with Crippen molar-refractivity contribution in [2.75, 3.05) is 7.11 Å². The normalized spacial score (nSPS) is 12.7. The third-order valence-corrected chi connectivity index (χ3v) is 4.31. The van der Waals surface area contributed by atoms with Crippen LogP contribution in [0, 0.1) is 0 Å². The number of rotatable bonds is 1. The third kappa shape index (κ3) is 2.49. The molecule has 2 aromatic rings. The van der Waals surface area contributed by atoms with Gasteiger partial charge in [0.2, 0.25) is 0 Å². The predicted molar refractivity (Wildman–Crippen MR) is 80.4 cm³/mol. The van der Waals surface area contributed by atoms with E-state index < -0.39 is 29.0 Å². The van der Waals surface area contributed by atoms with Gasteiger partial charge in [-0.3, -0.25) is 0 Å². The molecular formula is C16H10BrF3O3. The van der Waals surface area contributed by atoms with E-state index >= 15 is 0 Å². The number of hydrogen-bond donors (Lipinski definition) is 1. The number of carbonyl (C=O) groups is 1. The summed E-state index contributed by atoms with van der Waals surface area (Å²) in [6.07, 6.45) is -4.76. The van der Waals surface area contributed by atoms with E-state index in [1.54, 1.807) is 18.2 Å². The fourth-order valence-corrected chi connectivity index (χ4v) is 3.33. The molecule has 0 amide bonds. The molecule has 3 rings (SSSR count). The summed E-state index contributed by atoms with van der Waals surface area (Å²) < 4.78 is 45.8. The average molecular weight is 387 g/mol. The fourth-order valence-electron chi connectivity index (χ4n) is 2.92. The molecule has 0 saturated heterocycles. The number of benzene rings is 2. The van der Waals surface area contributed by atoms with E-state index in [0.717, 1.165) is 11.6 Å². The van der Waals surface area contributed by atoms with Crippen molar-refractivity contribution < 1.29 is 27.8 Å². The van der Waals surface area contributed by atoms with Crippen LogP contribution in [0.3, 0.4) is 0 Å². The second-order valence-electron chi connectivity index (χ2n) is 5.14. The van der Waals surface area contributed by atoms with Gasteiger partial charge in [0.15, 0.2) is 0 Å². The molecule has 0 atom stereocenters. The van der Waals surface area contributed by atoms with Gasteiger partial charge in [0, 0.05) is 4.47 Å². The summed E-state index contributed by atoms with van der Waals surface area (Å²) in [5.41, 5.74) is -0.409. The Bertz CT molecular complexity index is 828. The van der Waals surface area contributed by atoms with Gasteiger partial charge in [0.25, 0.3) is 0 Å². The number of methoxy groups -OCH3 is 1. The molecule has 7 heteroatoms. The lowest BCUT2D eigenvalue weighted by molar-refractivity contribution is -0.138. The van der Waals surface area contributed by atoms with Crippen molar-refractivity contribution in [2.45, 2.75) is 12.6 Å². The van der Waals surface area contributed by atoms with Gasteiger partial charge in [-0.2, -0.15) is 13.2 Å². The number of ether oxygens (including phenoxy) is 1. The van der Waals surface area contributed by atoms with E-state index in [9.17, 15) is 23.1 Å². The first-order valence-electron chi connectivity index (χ1n) is 6.57. The minimum absolute atomic E-state index is 0.0243. The molecular weight excluding hydrogens is 377 g/mol. The van der Waals surface area contributed by atoms with Gasteiger partial charge in [-0.05, 0) is 46.9 Å². The van der Waals surface area contributed by atoms with Crippen LogP contribution in [0.25, 0.3) is 11.1 Å². The van der Waals surface area contributed by atoms with E-state index in [1.165, 1.54) is 6.07 Å². The fraction of sp³-hybridized carbons (Fsp3) is 0.188. The Balaban J connectivity index is 2.35. The molecule has 120 valence electrons. The minimum Gasteiger partial charge on any atom is -0.507 e. The smallest absolute Gasteiger partial charge is 0.417 e. The highest BCUT2D eigenvalue weighted by atomic mass is 79.9. The van der Waals surface area contributed by atoms with Crippen LogP contribution in [-0.4, -0.2) is 18.2 Å². The highest BCUT2D eigenvalue weighted by molar-refractivity contribution is 9.10. The van der Waals surface area contributed by atoms with Gasteiger partial charge in [-0.25, -0.2) is 4.79 Å². The highest BCUT2D eigenvalue weighted by Gasteiger charge is 2.42. The van der Waals surface area contributed by atoms with Gasteiger partial charge in [0.1, 0.15) is 11.3 Å². The molecule has 0 unspecified atom stereocenters. The van der Waals surface area contributed by atoms with Crippen molar-refractivity contribution in [3.8, 4) is 16.9 Å². The van der Waals surface area contributed by atoms with Crippen molar-refractivity contribution in [2.24, 2.45) is 0 Å². The molecule has 1 aliphatic carbocycles. The summed E-state index contributed by atoms with van der Waals surface area (Å²) >= 11 is 3.29. The second-order valence-corrected chi connectivity index (χ2v) is 6.06. The van der Waals surface area contributed by atoms with Crippen LogP contribution in [0.4, 0.5) is 13.2 Å². The van der Waals surface area contributed by atoms with Crippen LogP contribution >= 0.6 is 15.9 Å². The monoisotopic (exact) mass is 386 g/mol. The zero-order valence-corrected chi connectivity index (χ0v) is 13.4. The van der Waals surface area contributed by atoms with Gasteiger partial charge in [0.05, 0.1) is 12.7 Å². The van der Waals surface area contributed by atoms with Crippen LogP contribution in [0.15, 0.2) is 28.7 Å². The zero-order valence-electron chi connectivity index (χ0n) is 11.8. The van der Waals surface area contributed by atoms with Crippen LogP contribution in [0.1, 0.15) is 27.0 Å². The lowest BCUT2D eigenvalue weighted by atomic mass is 9.94. The number of alkyl halides is 3. The second kappa shape index (κ2) is 5.26. The molecule has 1 aliphatic rings. The third-order valence-electron chi connectivity index (χ3n) is 3.81. The number of carbonyl (C=O) groups excluding carboxylic acids is 1. The maximum absolute atomic E-state index is 13.6. The first-order chi connectivity index (χ1) is 10.7. The van der Waals surface area contributed by atoms with Crippen molar-refractivity contribution in [3.63, 3.8) is 0 Å². The molecule has 23 heavy (non-hydrogen) atoms. The molecule has 0 radical (unpaired) electrons. The topological polar surface area (TPSA) is 46.5 Å². The maximum Gasteiger partial charge on any atom is 0.417 e. The summed E-state index contributed by atoms with van der Waals surface area (Å²) in [5.74, 6) is -1.95. The Hall–Kier alpha value is -2.02. The number of aromatic hydroxyl groups is 1. The summed E-state index contributed by atoms with van der Waals surface area (Å²) in [6.45, 7) is 0. The van der Waals surface area contributed by atoms with Crippen LogP contribution in [0.2, 0.25) is 0 Å². The lowest BCUT2D eigenvalue weighted by Crippen LogP contribution is -2.17. The summed E-state index contributed by atoms with van der Waals surface area (Å²) in [4.78, 5) is 11.7. The molecule has 0 spiro atoms. The Morgan fingerprint density at radius 2 is 1.96 bits per heavy atom. The maximum atomic E-state index is 13.6. The number of phenols is 1. The quantitative estimate of drug-likeness (QED) is 0.625. The largest absolute Gasteiger partial charge is 0.507 e. The van der Waals surface area contributed by atoms with E-state index in [-0.39, 0.29) is 17.5 Å². The Labute approximate surface area is 137 Å². The Morgan fingerprint density at radius 3 is 2.57 bits per heavy atom. The van der Waals surface area contributed by atoms with E-state index in [2.05, 4.69) is 20.7 Å². The van der Waals surface area contributed by atoms with Gasteiger partial charge in [-0.1, -0.05) is 22.0 Å². The van der Waals surface area contributed by atoms with Gasteiger partial charge in [-0.15, -0.1) is 0 Å². The summed E-state index contributed by atoms with van der Waals surface area (Å²) in [5, 5.41) is 9.99. The molecule has 0 aliphatic heterocycles. The zero-order chi connectivity index (χ0) is 16.9. The van der Waals surface area contributed by atoms with Crippen molar-refractivity contribution in [1.29, 1.82) is 0 Å². The van der Waals surface area contributed by atoms with Crippen LogP contribution in [-0.2, 0) is 17.3 Å². The van der Waals surface area contributed by atoms with Gasteiger partial charge >= 0.3 is 12.1 Å². The Kier molecular flexibility index (Phi) is 3.63. The molecule has 0 fully saturated rings. The van der Waals surface area contributed by atoms with E-state index in [1.807, 2.05) is 0 Å². The first kappa shape index (κ1) is 15.9. The summed E-state index contributed by atoms with van der Waals surface area (Å²) in [7, 11) is 0.973.